The van der Waals surface area contributed by atoms with E-state index in [1.54, 1.807) is 30.5 Å². The number of amides is 1. The average Bonchev–Trinajstić information content (AvgIpc) is 2.91. The average molecular weight is 509 g/mol. The lowest BCUT2D eigenvalue weighted by atomic mass is 10.1. The van der Waals surface area contributed by atoms with Gasteiger partial charge in [0.15, 0.2) is 6.61 Å². The maximum atomic E-state index is 12.7. The largest absolute Gasteiger partial charge is 0.479 e. The first-order chi connectivity index (χ1) is 18.5. The van der Waals surface area contributed by atoms with E-state index in [1.807, 2.05) is 42.5 Å². The number of ether oxygens (including phenoxy) is 2. The smallest absolute Gasteiger partial charge is 0.230 e. The fraction of sp³-hybridized carbons (Fsp3) is 0.276. The van der Waals surface area contributed by atoms with Crippen molar-refractivity contribution in [3.05, 3.63) is 72.6 Å². The number of anilines is 2. The Morgan fingerprint density at radius 1 is 1.08 bits per heavy atom. The third kappa shape index (κ3) is 6.05. The second-order valence-corrected chi connectivity index (χ2v) is 9.31. The molecule has 0 bridgehead atoms. The van der Waals surface area contributed by atoms with Crippen molar-refractivity contribution in [3.63, 3.8) is 0 Å². The van der Waals surface area contributed by atoms with Crippen molar-refractivity contribution in [1.29, 1.82) is 5.26 Å². The van der Waals surface area contributed by atoms with Crippen molar-refractivity contribution in [2.24, 2.45) is 0 Å². The van der Waals surface area contributed by atoms with Crippen molar-refractivity contribution >= 4 is 28.3 Å². The third-order valence-electron chi connectivity index (χ3n) is 6.13. The summed E-state index contributed by atoms with van der Waals surface area (Å²) in [6, 6.07) is 20.6. The molecule has 0 spiro atoms. The highest BCUT2D eigenvalue weighted by molar-refractivity contribution is 5.92. The number of rotatable bonds is 7. The van der Waals surface area contributed by atoms with Crippen LogP contribution in [0.2, 0.25) is 0 Å². The van der Waals surface area contributed by atoms with Crippen LogP contribution in [0.5, 0.6) is 5.75 Å². The molecule has 1 aliphatic heterocycles. The molecule has 38 heavy (non-hydrogen) atoms. The molecular formula is C29H28N6O3. The van der Waals surface area contributed by atoms with Gasteiger partial charge in [-0.2, -0.15) is 5.26 Å². The van der Waals surface area contributed by atoms with E-state index in [2.05, 4.69) is 29.0 Å². The highest BCUT2D eigenvalue weighted by atomic mass is 16.5. The van der Waals surface area contributed by atoms with Gasteiger partial charge in [-0.05, 0) is 56.3 Å². The number of benzene rings is 1. The molecule has 1 aromatic carbocycles. The van der Waals surface area contributed by atoms with Crippen LogP contribution in [-0.4, -0.2) is 52.8 Å². The number of fused-ring (bicyclic) bond motifs is 1. The van der Waals surface area contributed by atoms with E-state index in [4.69, 9.17) is 24.7 Å². The van der Waals surface area contributed by atoms with Crippen molar-refractivity contribution in [3.8, 4) is 23.2 Å². The van der Waals surface area contributed by atoms with Gasteiger partial charge in [-0.15, -0.1) is 0 Å². The van der Waals surface area contributed by atoms with Gasteiger partial charge < -0.3 is 19.7 Å². The maximum Gasteiger partial charge on any atom is 0.230 e. The van der Waals surface area contributed by atoms with Crippen molar-refractivity contribution < 1.29 is 14.3 Å². The van der Waals surface area contributed by atoms with Crippen LogP contribution >= 0.6 is 0 Å². The van der Waals surface area contributed by atoms with Gasteiger partial charge in [0, 0.05) is 36.4 Å². The molecule has 4 aromatic rings. The maximum absolute atomic E-state index is 12.7. The van der Waals surface area contributed by atoms with Crippen LogP contribution in [0, 0.1) is 11.3 Å². The molecular weight excluding hydrogens is 480 g/mol. The van der Waals surface area contributed by atoms with Gasteiger partial charge >= 0.3 is 0 Å². The molecule has 1 amide bonds. The molecule has 0 saturated carbocycles. The number of pyridine rings is 3. The van der Waals surface area contributed by atoms with E-state index in [0.29, 0.717) is 17.1 Å². The first kappa shape index (κ1) is 25.1. The lowest BCUT2D eigenvalue weighted by Gasteiger charge is -2.36. The SMILES string of the molecule is C[C@@H]1CN(c2cccc(-c3ccc4cnc(CC(=O)Nc5cccc(OCC#N)c5)cc4n3)n2)C[C@H](C)O1. The number of carbonyl (C=O) groups is 1. The number of hydrogen-bond donors (Lipinski definition) is 1. The Labute approximate surface area is 221 Å². The zero-order chi connectivity index (χ0) is 26.5. The summed E-state index contributed by atoms with van der Waals surface area (Å²) in [6.45, 7) is 5.68. The molecule has 1 saturated heterocycles. The number of aromatic nitrogens is 3. The minimum atomic E-state index is -0.214. The minimum Gasteiger partial charge on any atom is -0.479 e. The van der Waals surface area contributed by atoms with Crippen LogP contribution in [0.15, 0.2) is 66.9 Å². The molecule has 192 valence electrons. The van der Waals surface area contributed by atoms with Crippen LogP contribution in [0.4, 0.5) is 11.5 Å². The van der Waals surface area contributed by atoms with E-state index in [-0.39, 0.29) is 31.1 Å². The summed E-state index contributed by atoms with van der Waals surface area (Å²) in [5, 5.41) is 12.4. The van der Waals surface area contributed by atoms with Crippen LogP contribution in [0.25, 0.3) is 22.3 Å². The quantitative estimate of drug-likeness (QED) is 0.391. The molecule has 3 aromatic heterocycles. The van der Waals surface area contributed by atoms with Crippen LogP contribution in [0.1, 0.15) is 19.5 Å². The molecule has 1 N–H and O–H groups in total. The first-order valence-electron chi connectivity index (χ1n) is 12.5. The Hall–Kier alpha value is -4.55. The zero-order valence-electron chi connectivity index (χ0n) is 21.3. The number of nitriles is 1. The van der Waals surface area contributed by atoms with Crippen LogP contribution < -0.4 is 15.0 Å². The third-order valence-corrected chi connectivity index (χ3v) is 6.13. The predicted molar refractivity (Wildman–Crippen MR) is 145 cm³/mol. The van der Waals surface area contributed by atoms with Gasteiger partial charge in [0.2, 0.25) is 5.91 Å². The molecule has 0 aliphatic carbocycles. The van der Waals surface area contributed by atoms with E-state index >= 15 is 0 Å². The summed E-state index contributed by atoms with van der Waals surface area (Å²) in [5.74, 6) is 1.20. The number of hydrogen-bond acceptors (Lipinski definition) is 8. The molecule has 9 nitrogen and oxygen atoms in total. The second-order valence-electron chi connectivity index (χ2n) is 9.31. The number of nitrogens with zero attached hydrogens (tertiary/aromatic N) is 5. The van der Waals surface area contributed by atoms with E-state index in [1.165, 1.54) is 0 Å². The molecule has 2 atom stereocenters. The van der Waals surface area contributed by atoms with Gasteiger partial charge in [0.1, 0.15) is 17.6 Å². The standard InChI is InChI=1S/C29H28N6O3/c1-19-17-35(18-20(2)38-19)28-8-4-7-25(34-28)26-10-9-21-16-31-23(14-27(21)33-26)15-29(36)32-22-5-3-6-24(13-22)37-12-11-30/h3-10,13-14,16,19-20H,12,15,17-18H2,1-2H3,(H,32,36)/t19-,20+. The van der Waals surface area contributed by atoms with E-state index in [9.17, 15) is 4.79 Å². The summed E-state index contributed by atoms with van der Waals surface area (Å²) in [4.78, 5) is 29.1. The molecule has 4 heterocycles. The van der Waals surface area contributed by atoms with Crippen LogP contribution in [-0.2, 0) is 16.0 Å². The normalized spacial score (nSPS) is 17.1. The highest BCUT2D eigenvalue weighted by Crippen LogP contribution is 2.24. The van der Waals surface area contributed by atoms with Gasteiger partial charge in [0.25, 0.3) is 0 Å². The Kier molecular flexibility index (Phi) is 7.43. The molecule has 0 radical (unpaired) electrons. The Balaban J connectivity index is 1.32. The van der Waals surface area contributed by atoms with Crippen molar-refractivity contribution in [1.82, 2.24) is 15.0 Å². The summed E-state index contributed by atoms with van der Waals surface area (Å²) in [6.07, 6.45) is 2.11. The fourth-order valence-electron chi connectivity index (χ4n) is 4.55. The topological polar surface area (TPSA) is 113 Å². The minimum absolute atomic E-state index is 0.0567. The predicted octanol–water partition coefficient (Wildman–Crippen LogP) is 4.39. The summed E-state index contributed by atoms with van der Waals surface area (Å²) in [5.41, 5.74) is 3.47. The van der Waals surface area contributed by atoms with Gasteiger partial charge in [0.05, 0.1) is 41.2 Å². The first-order valence-corrected chi connectivity index (χ1v) is 12.5. The molecule has 0 unspecified atom stereocenters. The van der Waals surface area contributed by atoms with Gasteiger partial charge in [-0.25, -0.2) is 9.97 Å². The second kappa shape index (κ2) is 11.2. The molecule has 5 rings (SSSR count). The Bertz CT molecular complexity index is 1490. The summed E-state index contributed by atoms with van der Waals surface area (Å²) in [7, 11) is 0. The van der Waals surface area contributed by atoms with E-state index < -0.39 is 0 Å². The fourth-order valence-corrected chi connectivity index (χ4v) is 4.55. The monoisotopic (exact) mass is 508 g/mol. The number of nitrogens with one attached hydrogen (secondary N) is 1. The summed E-state index contributed by atoms with van der Waals surface area (Å²) >= 11 is 0. The molecule has 1 aliphatic rings. The van der Waals surface area contributed by atoms with Gasteiger partial charge in [-0.1, -0.05) is 12.1 Å². The van der Waals surface area contributed by atoms with Crippen molar-refractivity contribution in [2.45, 2.75) is 32.5 Å². The van der Waals surface area contributed by atoms with Crippen LogP contribution in [0.3, 0.4) is 0 Å². The lowest BCUT2D eigenvalue weighted by molar-refractivity contribution is -0.115. The number of morpholine rings is 1. The van der Waals surface area contributed by atoms with Crippen molar-refractivity contribution in [2.75, 3.05) is 29.9 Å². The van der Waals surface area contributed by atoms with Gasteiger partial charge in [-0.3, -0.25) is 9.78 Å². The summed E-state index contributed by atoms with van der Waals surface area (Å²) < 4.78 is 11.2. The highest BCUT2D eigenvalue weighted by Gasteiger charge is 2.23. The Morgan fingerprint density at radius 3 is 2.68 bits per heavy atom. The van der Waals surface area contributed by atoms with E-state index in [0.717, 1.165) is 41.2 Å². The number of carbonyl (C=O) groups excluding carboxylic acids is 1. The molecule has 1 fully saturated rings. The zero-order valence-corrected chi connectivity index (χ0v) is 21.3. The molecule has 9 heteroatoms. The lowest BCUT2D eigenvalue weighted by Crippen LogP contribution is -2.45. The Morgan fingerprint density at radius 2 is 1.87 bits per heavy atom.